The number of benzene rings is 1. The van der Waals surface area contributed by atoms with Gasteiger partial charge in [0, 0.05) is 12.0 Å². The van der Waals surface area contributed by atoms with Gasteiger partial charge in [0.05, 0.1) is 6.42 Å². The van der Waals surface area contributed by atoms with Crippen LogP contribution in [0.2, 0.25) is 0 Å². The average Bonchev–Trinajstić information content (AvgIpc) is 2.37. The molecule has 1 N–H and O–H groups in total. The van der Waals surface area contributed by atoms with Gasteiger partial charge in [-0.05, 0) is 19.1 Å². The molecule has 1 aromatic carbocycles. The fourth-order valence-corrected chi connectivity index (χ4v) is 1.63. The first-order valence-electron chi connectivity index (χ1n) is 5.38. The molecule has 4 nitrogen and oxygen atoms in total. The molecule has 1 aromatic rings. The molecule has 0 saturated carbocycles. The standard InChI is InChI=1S/C13H13NO3S/c1-13(9-14,8-7-11(15)16)17-12(18)10-5-3-2-4-6-10/h2-6H,7-8H2,1H3,(H,15,16). The molecule has 0 fully saturated rings. The zero-order valence-corrected chi connectivity index (χ0v) is 10.7. The fourth-order valence-electron chi connectivity index (χ4n) is 1.31. The van der Waals surface area contributed by atoms with E-state index in [0.29, 0.717) is 5.56 Å². The third-order valence-corrected chi connectivity index (χ3v) is 2.70. The molecule has 94 valence electrons. The second kappa shape index (κ2) is 6.12. The van der Waals surface area contributed by atoms with Gasteiger partial charge in [-0.15, -0.1) is 0 Å². The number of rotatable bonds is 5. The van der Waals surface area contributed by atoms with Crippen LogP contribution in [0.3, 0.4) is 0 Å². The number of nitrogens with zero attached hydrogens (tertiary/aromatic N) is 1. The summed E-state index contributed by atoms with van der Waals surface area (Å²) in [5.41, 5.74) is -0.519. The molecule has 0 spiro atoms. The molecule has 1 rings (SSSR count). The van der Waals surface area contributed by atoms with Gasteiger partial charge in [0.2, 0.25) is 0 Å². The van der Waals surface area contributed by atoms with E-state index in [1.807, 2.05) is 24.3 Å². The summed E-state index contributed by atoms with van der Waals surface area (Å²) >= 11 is 5.09. The van der Waals surface area contributed by atoms with Crippen LogP contribution in [0.1, 0.15) is 25.3 Å². The molecule has 0 saturated heterocycles. The minimum Gasteiger partial charge on any atom is -0.481 e. The van der Waals surface area contributed by atoms with E-state index in [1.54, 1.807) is 12.1 Å². The molecule has 0 aromatic heterocycles. The molecule has 0 amide bonds. The number of aliphatic carboxylic acids is 1. The van der Waals surface area contributed by atoms with Crippen molar-refractivity contribution in [1.29, 1.82) is 5.26 Å². The van der Waals surface area contributed by atoms with Gasteiger partial charge in [-0.1, -0.05) is 30.3 Å². The Morgan fingerprint density at radius 1 is 1.50 bits per heavy atom. The summed E-state index contributed by atoms with van der Waals surface area (Å²) in [4.78, 5) is 10.5. The summed E-state index contributed by atoms with van der Waals surface area (Å²) in [6, 6.07) is 11.0. The number of carbonyl (C=O) groups is 1. The van der Waals surface area contributed by atoms with Gasteiger partial charge in [-0.25, -0.2) is 0 Å². The van der Waals surface area contributed by atoms with Crippen molar-refractivity contribution in [1.82, 2.24) is 0 Å². The lowest BCUT2D eigenvalue weighted by molar-refractivity contribution is -0.137. The first-order chi connectivity index (χ1) is 8.47. The predicted molar refractivity (Wildman–Crippen MR) is 70.1 cm³/mol. The molecular formula is C13H13NO3S. The van der Waals surface area contributed by atoms with Crippen LogP contribution >= 0.6 is 12.2 Å². The van der Waals surface area contributed by atoms with Gasteiger partial charge >= 0.3 is 5.97 Å². The van der Waals surface area contributed by atoms with Crippen LogP contribution in [-0.4, -0.2) is 21.7 Å². The summed E-state index contributed by atoms with van der Waals surface area (Å²) in [7, 11) is 0. The van der Waals surface area contributed by atoms with Gasteiger partial charge in [0.15, 0.2) is 10.7 Å². The Morgan fingerprint density at radius 2 is 2.11 bits per heavy atom. The van der Waals surface area contributed by atoms with Crippen LogP contribution in [-0.2, 0) is 9.53 Å². The molecule has 0 heterocycles. The molecule has 1 unspecified atom stereocenters. The van der Waals surface area contributed by atoms with E-state index >= 15 is 0 Å². The Hall–Kier alpha value is -1.93. The van der Waals surface area contributed by atoms with Crippen molar-refractivity contribution in [3.63, 3.8) is 0 Å². The van der Waals surface area contributed by atoms with E-state index in [4.69, 9.17) is 27.3 Å². The number of ether oxygens (including phenoxy) is 1. The minimum absolute atomic E-state index is 0.0891. The summed E-state index contributed by atoms with van der Waals surface area (Å²) in [5, 5.41) is 17.9. The zero-order chi connectivity index (χ0) is 13.6. The Kier molecular flexibility index (Phi) is 4.81. The number of carboxylic acids is 1. The van der Waals surface area contributed by atoms with Crippen LogP contribution in [0.15, 0.2) is 30.3 Å². The second-order valence-electron chi connectivity index (χ2n) is 3.99. The maximum absolute atomic E-state index is 10.5. The zero-order valence-electron chi connectivity index (χ0n) is 9.92. The molecule has 0 aliphatic carbocycles. The minimum atomic E-state index is -1.22. The van der Waals surface area contributed by atoms with Crippen molar-refractivity contribution >= 4 is 23.2 Å². The lowest BCUT2D eigenvalue weighted by Crippen LogP contribution is -2.30. The predicted octanol–water partition coefficient (Wildman–Crippen LogP) is 2.53. The molecule has 0 aliphatic heterocycles. The number of nitriles is 1. The van der Waals surface area contributed by atoms with Crippen molar-refractivity contribution in [3.8, 4) is 6.07 Å². The monoisotopic (exact) mass is 263 g/mol. The molecular weight excluding hydrogens is 250 g/mol. The SMILES string of the molecule is CC(C#N)(CCC(=O)O)OC(=S)c1ccccc1. The first-order valence-corrected chi connectivity index (χ1v) is 5.79. The van der Waals surface area contributed by atoms with Crippen LogP contribution in [0.4, 0.5) is 0 Å². The number of carboxylic acid groups (broad SMARTS) is 1. The highest BCUT2D eigenvalue weighted by atomic mass is 32.1. The van der Waals surface area contributed by atoms with Crippen LogP contribution < -0.4 is 0 Å². The van der Waals surface area contributed by atoms with Crippen molar-refractivity contribution in [2.45, 2.75) is 25.4 Å². The normalized spacial score (nSPS) is 13.1. The Balaban J connectivity index is 2.72. The summed E-state index contributed by atoms with van der Waals surface area (Å²) in [6.07, 6.45) is -0.0483. The fraction of sp³-hybridized carbons (Fsp3) is 0.308. The second-order valence-corrected chi connectivity index (χ2v) is 4.36. The summed E-state index contributed by atoms with van der Waals surface area (Å²) in [6.45, 7) is 1.53. The summed E-state index contributed by atoms with van der Waals surface area (Å²) < 4.78 is 5.43. The Bertz CT molecular complexity index is 481. The first kappa shape index (κ1) is 14.1. The topological polar surface area (TPSA) is 70.3 Å². The maximum Gasteiger partial charge on any atom is 0.303 e. The van der Waals surface area contributed by atoms with E-state index in [-0.39, 0.29) is 17.9 Å². The number of hydrogen-bond acceptors (Lipinski definition) is 4. The highest BCUT2D eigenvalue weighted by Crippen LogP contribution is 2.19. The molecule has 0 bridgehead atoms. The molecule has 18 heavy (non-hydrogen) atoms. The average molecular weight is 263 g/mol. The largest absolute Gasteiger partial charge is 0.481 e. The Labute approximate surface area is 111 Å². The molecule has 5 heteroatoms. The van der Waals surface area contributed by atoms with Crippen LogP contribution in [0.5, 0.6) is 0 Å². The van der Waals surface area contributed by atoms with E-state index in [2.05, 4.69) is 0 Å². The quantitative estimate of drug-likeness (QED) is 0.826. The maximum atomic E-state index is 10.5. The van der Waals surface area contributed by atoms with Gasteiger partial charge in [0.1, 0.15) is 6.07 Å². The lowest BCUT2D eigenvalue weighted by Gasteiger charge is -2.23. The van der Waals surface area contributed by atoms with E-state index < -0.39 is 11.6 Å². The van der Waals surface area contributed by atoms with Crippen molar-refractivity contribution < 1.29 is 14.6 Å². The Morgan fingerprint density at radius 3 is 2.61 bits per heavy atom. The third kappa shape index (κ3) is 4.15. The lowest BCUT2D eigenvalue weighted by atomic mass is 10.0. The van der Waals surface area contributed by atoms with E-state index in [9.17, 15) is 4.79 Å². The van der Waals surface area contributed by atoms with Gasteiger partial charge in [-0.2, -0.15) is 5.26 Å². The van der Waals surface area contributed by atoms with Crippen molar-refractivity contribution in [2.24, 2.45) is 0 Å². The number of hydrogen-bond donors (Lipinski definition) is 1. The summed E-state index contributed by atoms with van der Waals surface area (Å²) in [5.74, 6) is -0.967. The van der Waals surface area contributed by atoms with Crippen molar-refractivity contribution in [3.05, 3.63) is 35.9 Å². The van der Waals surface area contributed by atoms with Gasteiger partial charge < -0.3 is 9.84 Å². The van der Waals surface area contributed by atoms with E-state index in [1.165, 1.54) is 6.92 Å². The number of thiocarbonyl (C=S) groups is 1. The highest BCUT2D eigenvalue weighted by Gasteiger charge is 2.28. The molecule has 0 radical (unpaired) electrons. The highest BCUT2D eigenvalue weighted by molar-refractivity contribution is 7.80. The van der Waals surface area contributed by atoms with E-state index in [0.717, 1.165) is 0 Å². The molecule has 0 aliphatic rings. The third-order valence-electron chi connectivity index (χ3n) is 2.38. The van der Waals surface area contributed by atoms with Crippen LogP contribution in [0, 0.1) is 11.3 Å². The van der Waals surface area contributed by atoms with Gasteiger partial charge in [0.25, 0.3) is 0 Å². The van der Waals surface area contributed by atoms with Crippen LogP contribution in [0.25, 0.3) is 0 Å². The van der Waals surface area contributed by atoms with Crippen molar-refractivity contribution in [2.75, 3.05) is 0 Å². The smallest absolute Gasteiger partial charge is 0.303 e. The van der Waals surface area contributed by atoms with Gasteiger partial charge in [-0.3, -0.25) is 4.79 Å². The molecule has 1 atom stereocenters.